The summed E-state index contributed by atoms with van der Waals surface area (Å²) in [6.07, 6.45) is 1.68. The van der Waals surface area contributed by atoms with Gasteiger partial charge < -0.3 is 9.79 Å². The Labute approximate surface area is 135 Å². The molecule has 0 bridgehead atoms. The summed E-state index contributed by atoms with van der Waals surface area (Å²) in [6, 6.07) is 9.32. The van der Waals surface area contributed by atoms with E-state index >= 15 is 0 Å². The van der Waals surface area contributed by atoms with Gasteiger partial charge in [0.15, 0.2) is 10.9 Å². The molecule has 7 heteroatoms. The van der Waals surface area contributed by atoms with Gasteiger partial charge in [-0.25, -0.2) is 4.98 Å². The zero-order chi connectivity index (χ0) is 15.8. The van der Waals surface area contributed by atoms with Gasteiger partial charge in [-0.15, -0.1) is 0 Å². The zero-order valence-electron chi connectivity index (χ0n) is 12.4. The summed E-state index contributed by atoms with van der Waals surface area (Å²) < 4.78 is 0. The summed E-state index contributed by atoms with van der Waals surface area (Å²) in [6.45, 7) is 3.13. The summed E-state index contributed by atoms with van der Waals surface area (Å²) in [4.78, 5) is 33.5. The van der Waals surface area contributed by atoms with Crippen LogP contribution < -0.4 is 15.3 Å². The lowest BCUT2D eigenvalue weighted by Crippen LogP contribution is -2.20. The van der Waals surface area contributed by atoms with E-state index in [1.54, 1.807) is 18.3 Å². The molecule has 0 N–H and O–H groups in total. The van der Waals surface area contributed by atoms with Crippen molar-refractivity contribution in [3.63, 3.8) is 0 Å². The van der Waals surface area contributed by atoms with Gasteiger partial charge in [0.05, 0.1) is 5.39 Å². The van der Waals surface area contributed by atoms with Crippen molar-refractivity contribution in [2.24, 2.45) is 0 Å². The van der Waals surface area contributed by atoms with Crippen molar-refractivity contribution in [3.05, 3.63) is 52.4 Å². The normalized spacial score (nSPS) is 12.9. The molecule has 0 saturated heterocycles. The number of anilines is 2. The van der Waals surface area contributed by atoms with Crippen molar-refractivity contribution in [2.75, 3.05) is 11.4 Å². The van der Waals surface area contributed by atoms with Gasteiger partial charge in [0.25, 0.3) is 5.56 Å². The maximum atomic E-state index is 12.2. The summed E-state index contributed by atoms with van der Waals surface area (Å²) in [5.41, 5.74) is 1.64. The second-order valence-corrected chi connectivity index (χ2v) is 6.00. The predicted octanol–water partition coefficient (Wildman–Crippen LogP) is 3.03. The molecular formula is C16H13N3O3S. The van der Waals surface area contributed by atoms with E-state index in [9.17, 15) is 4.79 Å². The van der Waals surface area contributed by atoms with E-state index in [-0.39, 0.29) is 5.56 Å². The lowest BCUT2D eigenvalue weighted by atomic mass is 10.2. The van der Waals surface area contributed by atoms with E-state index in [2.05, 4.69) is 9.97 Å². The average molecular weight is 327 g/mol. The number of hydrogen-bond acceptors (Lipinski definition) is 7. The van der Waals surface area contributed by atoms with Crippen molar-refractivity contribution < 1.29 is 9.78 Å². The smallest absolute Gasteiger partial charge is 0.282 e. The zero-order valence-corrected chi connectivity index (χ0v) is 13.2. The number of hydrogen-bond donors (Lipinski definition) is 0. The molecule has 0 fully saturated rings. The third-order valence-electron chi connectivity index (χ3n) is 3.66. The molecule has 0 unspecified atom stereocenters. The van der Waals surface area contributed by atoms with Crippen LogP contribution in [0.4, 0.5) is 10.8 Å². The van der Waals surface area contributed by atoms with Crippen molar-refractivity contribution in [3.8, 4) is 5.75 Å². The monoisotopic (exact) mass is 327 g/mol. The minimum atomic E-state index is -0.263. The summed E-state index contributed by atoms with van der Waals surface area (Å²) in [5, 5.41) is 1.16. The SMILES string of the molecule is CCN(c1ccc2c(c1)OOC2)c1nc(=O)c2cccnc2s1. The lowest BCUT2D eigenvalue weighted by Gasteiger charge is -2.21. The van der Waals surface area contributed by atoms with Crippen LogP contribution in [0.3, 0.4) is 0 Å². The van der Waals surface area contributed by atoms with Gasteiger partial charge in [0.2, 0.25) is 0 Å². The second-order valence-electron chi connectivity index (χ2n) is 5.04. The average Bonchev–Trinajstić information content (AvgIpc) is 3.03. The van der Waals surface area contributed by atoms with Crippen molar-refractivity contribution in [1.82, 2.24) is 9.97 Å². The van der Waals surface area contributed by atoms with Crippen molar-refractivity contribution in [2.45, 2.75) is 13.5 Å². The second kappa shape index (κ2) is 5.60. The van der Waals surface area contributed by atoms with Gasteiger partial charge in [-0.05, 0) is 25.1 Å². The van der Waals surface area contributed by atoms with Crippen LogP contribution in [-0.2, 0) is 11.5 Å². The molecule has 1 aromatic carbocycles. The number of aromatic nitrogens is 2. The van der Waals surface area contributed by atoms with Crippen molar-refractivity contribution >= 4 is 32.4 Å². The topological polar surface area (TPSA) is 64.6 Å². The molecule has 0 saturated carbocycles. The molecule has 0 atom stereocenters. The van der Waals surface area contributed by atoms with Crippen LogP contribution in [0, 0.1) is 0 Å². The third-order valence-corrected chi connectivity index (χ3v) is 4.67. The standard InChI is InChI=1S/C16H13N3O3S/c1-2-19(11-6-5-10-9-21-22-13(10)8-11)16-18-14(20)12-4-3-7-17-15(12)23-16/h3-8H,2,9H2,1H3. The first-order valence-electron chi connectivity index (χ1n) is 7.22. The minimum absolute atomic E-state index is 0.263. The molecule has 4 rings (SSSR count). The van der Waals surface area contributed by atoms with Crippen LogP contribution in [0.1, 0.15) is 12.5 Å². The minimum Gasteiger partial charge on any atom is -0.337 e. The highest BCUT2D eigenvalue weighted by atomic mass is 32.1. The molecule has 0 aliphatic carbocycles. The fourth-order valence-corrected chi connectivity index (χ4v) is 3.52. The Morgan fingerprint density at radius 1 is 1.35 bits per heavy atom. The Bertz CT molecular complexity index is 941. The summed E-state index contributed by atoms with van der Waals surface area (Å²) in [5.74, 6) is 0.701. The summed E-state index contributed by atoms with van der Waals surface area (Å²) in [7, 11) is 0. The molecule has 6 nitrogen and oxygen atoms in total. The highest BCUT2D eigenvalue weighted by Crippen LogP contribution is 2.34. The first-order valence-corrected chi connectivity index (χ1v) is 8.03. The fraction of sp³-hybridized carbons (Fsp3) is 0.188. The van der Waals surface area contributed by atoms with E-state index in [4.69, 9.17) is 9.78 Å². The fourth-order valence-electron chi connectivity index (χ4n) is 2.50. The van der Waals surface area contributed by atoms with Crippen LogP contribution in [0.2, 0.25) is 0 Å². The molecule has 3 heterocycles. The Morgan fingerprint density at radius 2 is 2.26 bits per heavy atom. The number of pyridine rings is 1. The van der Waals surface area contributed by atoms with Crippen LogP contribution in [-0.4, -0.2) is 16.5 Å². The van der Waals surface area contributed by atoms with E-state index in [1.807, 2.05) is 30.0 Å². The van der Waals surface area contributed by atoms with Gasteiger partial charge >= 0.3 is 0 Å². The predicted molar refractivity (Wildman–Crippen MR) is 88.2 cm³/mol. The summed E-state index contributed by atoms with van der Waals surface area (Å²) >= 11 is 1.39. The molecule has 0 radical (unpaired) electrons. The van der Waals surface area contributed by atoms with Gasteiger partial charge in [0.1, 0.15) is 11.4 Å². The number of nitrogens with zero attached hydrogens (tertiary/aromatic N) is 3. The van der Waals surface area contributed by atoms with Gasteiger partial charge in [-0.1, -0.05) is 17.4 Å². The van der Waals surface area contributed by atoms with Gasteiger partial charge in [-0.2, -0.15) is 9.87 Å². The maximum absolute atomic E-state index is 12.2. The number of benzene rings is 1. The maximum Gasteiger partial charge on any atom is 0.282 e. The van der Waals surface area contributed by atoms with Gasteiger partial charge in [0, 0.05) is 30.1 Å². The molecule has 0 amide bonds. The van der Waals surface area contributed by atoms with E-state index in [0.29, 0.717) is 34.2 Å². The van der Waals surface area contributed by atoms with E-state index in [0.717, 1.165) is 11.3 Å². The van der Waals surface area contributed by atoms with E-state index < -0.39 is 0 Å². The Balaban J connectivity index is 1.82. The Hall–Kier alpha value is -2.51. The molecule has 1 aliphatic rings. The highest BCUT2D eigenvalue weighted by molar-refractivity contribution is 7.21. The first-order chi connectivity index (χ1) is 11.3. The van der Waals surface area contributed by atoms with Crippen molar-refractivity contribution in [1.29, 1.82) is 0 Å². The molecule has 1 aliphatic heterocycles. The molecule has 116 valence electrons. The van der Waals surface area contributed by atoms with Crippen LogP contribution in [0.5, 0.6) is 5.75 Å². The van der Waals surface area contributed by atoms with Crippen LogP contribution >= 0.6 is 11.3 Å². The number of rotatable bonds is 3. The first kappa shape index (κ1) is 14.1. The van der Waals surface area contributed by atoms with Gasteiger partial charge in [-0.3, -0.25) is 4.79 Å². The lowest BCUT2D eigenvalue weighted by molar-refractivity contribution is -0.194. The molecular weight excluding hydrogens is 314 g/mol. The van der Waals surface area contributed by atoms with Crippen LogP contribution in [0.25, 0.3) is 10.2 Å². The quantitative estimate of drug-likeness (QED) is 0.689. The largest absolute Gasteiger partial charge is 0.337 e. The van der Waals surface area contributed by atoms with Crippen LogP contribution in [0.15, 0.2) is 41.3 Å². The van der Waals surface area contributed by atoms with E-state index in [1.165, 1.54) is 11.3 Å². The Morgan fingerprint density at radius 3 is 3.13 bits per heavy atom. The highest BCUT2D eigenvalue weighted by Gasteiger charge is 2.18. The Kier molecular flexibility index (Phi) is 3.44. The molecule has 0 spiro atoms. The molecule has 23 heavy (non-hydrogen) atoms. The molecule has 2 aromatic heterocycles. The third kappa shape index (κ3) is 2.43. The molecule has 3 aromatic rings. The number of fused-ring (bicyclic) bond motifs is 2.